The van der Waals surface area contributed by atoms with Gasteiger partial charge in [-0.25, -0.2) is 5.43 Å². The highest BCUT2D eigenvalue weighted by atomic mass is 32.1. The van der Waals surface area contributed by atoms with Crippen LogP contribution in [0, 0.1) is 0 Å². The van der Waals surface area contributed by atoms with Crippen molar-refractivity contribution < 1.29 is 4.74 Å². The molecule has 0 fully saturated rings. The topological polar surface area (TPSA) is 33.6 Å². The Kier molecular flexibility index (Phi) is 3.92. The molecule has 0 aliphatic heterocycles. The third-order valence-electron chi connectivity index (χ3n) is 1.35. The van der Waals surface area contributed by atoms with Crippen molar-refractivity contribution in [2.45, 2.75) is 0 Å². The van der Waals surface area contributed by atoms with Crippen molar-refractivity contribution in [3.8, 4) is 0 Å². The predicted molar refractivity (Wildman–Crippen MR) is 56.8 cm³/mol. The van der Waals surface area contributed by atoms with Crippen LogP contribution in [0.3, 0.4) is 0 Å². The summed E-state index contributed by atoms with van der Waals surface area (Å²) in [6.45, 7) is 0. The molecule has 0 spiro atoms. The second-order valence-electron chi connectivity index (χ2n) is 2.27. The number of hydrogen-bond donors (Lipinski definition) is 1. The third-order valence-corrected chi connectivity index (χ3v) is 1.61. The van der Waals surface area contributed by atoms with E-state index in [2.05, 4.69) is 10.5 Å². The Morgan fingerprint density at radius 3 is 2.77 bits per heavy atom. The number of benzene rings is 1. The molecular formula is C9H10N2OS. The lowest BCUT2D eigenvalue weighted by atomic mass is 10.2. The van der Waals surface area contributed by atoms with E-state index in [-0.39, 0.29) is 5.17 Å². The number of hydrogen-bond acceptors (Lipinski definition) is 3. The van der Waals surface area contributed by atoms with Gasteiger partial charge in [0.1, 0.15) is 0 Å². The lowest BCUT2D eigenvalue weighted by molar-refractivity contribution is 0.395. The van der Waals surface area contributed by atoms with Crippen molar-refractivity contribution in [2.24, 2.45) is 5.10 Å². The molecule has 0 atom stereocenters. The van der Waals surface area contributed by atoms with Gasteiger partial charge in [-0.05, 0) is 17.8 Å². The van der Waals surface area contributed by atoms with Gasteiger partial charge in [-0.15, -0.1) is 0 Å². The van der Waals surface area contributed by atoms with Gasteiger partial charge in [0.05, 0.1) is 13.3 Å². The average Bonchev–Trinajstić information content (AvgIpc) is 2.19. The number of nitrogens with one attached hydrogen (secondary N) is 1. The first-order valence-corrected chi connectivity index (χ1v) is 4.16. The second-order valence-corrected chi connectivity index (χ2v) is 2.64. The number of thiocarbonyl (C=S) groups is 1. The molecule has 0 bridgehead atoms. The van der Waals surface area contributed by atoms with E-state index >= 15 is 0 Å². The summed E-state index contributed by atoms with van der Waals surface area (Å²) in [6, 6.07) is 9.72. The van der Waals surface area contributed by atoms with Crippen LogP contribution in [0.5, 0.6) is 0 Å². The van der Waals surface area contributed by atoms with Crippen LogP contribution in [0.1, 0.15) is 5.56 Å². The molecule has 0 aliphatic carbocycles. The Labute approximate surface area is 82.4 Å². The molecule has 3 nitrogen and oxygen atoms in total. The van der Waals surface area contributed by atoms with Gasteiger partial charge in [-0.2, -0.15) is 5.10 Å². The van der Waals surface area contributed by atoms with Gasteiger partial charge >= 0.3 is 0 Å². The Morgan fingerprint density at radius 1 is 1.46 bits per heavy atom. The number of ether oxygens (including phenoxy) is 1. The summed E-state index contributed by atoms with van der Waals surface area (Å²) in [6.07, 6.45) is 1.67. The molecule has 1 aromatic carbocycles. The van der Waals surface area contributed by atoms with Crippen LogP contribution < -0.4 is 5.43 Å². The monoisotopic (exact) mass is 194 g/mol. The zero-order chi connectivity index (χ0) is 9.52. The maximum atomic E-state index is 4.72. The van der Waals surface area contributed by atoms with Gasteiger partial charge in [0.25, 0.3) is 5.17 Å². The minimum Gasteiger partial charge on any atom is -0.473 e. The normalized spacial score (nSPS) is 9.92. The fraction of sp³-hybridized carbons (Fsp3) is 0.111. The largest absolute Gasteiger partial charge is 0.473 e. The van der Waals surface area contributed by atoms with Gasteiger partial charge in [-0.3, -0.25) is 0 Å². The Morgan fingerprint density at radius 2 is 2.15 bits per heavy atom. The molecule has 1 aromatic rings. The smallest absolute Gasteiger partial charge is 0.277 e. The van der Waals surface area contributed by atoms with Crippen LogP contribution >= 0.6 is 12.2 Å². The second kappa shape index (κ2) is 5.27. The first kappa shape index (κ1) is 9.67. The molecule has 13 heavy (non-hydrogen) atoms. The van der Waals surface area contributed by atoms with Crippen molar-refractivity contribution in [3.63, 3.8) is 0 Å². The maximum Gasteiger partial charge on any atom is 0.277 e. The summed E-state index contributed by atoms with van der Waals surface area (Å²) < 4.78 is 4.69. The summed E-state index contributed by atoms with van der Waals surface area (Å²) in [5.74, 6) is 0. The number of hydrazone groups is 1. The molecule has 0 amide bonds. The predicted octanol–water partition coefficient (Wildman–Crippen LogP) is 1.54. The van der Waals surface area contributed by atoms with Crippen LogP contribution in [0.2, 0.25) is 0 Å². The standard InChI is InChI=1S/C9H10N2OS/c1-12-9(13)11-10-7-8-5-3-2-4-6-8/h2-7H,1H3,(H,11,13)/b10-7-. The third kappa shape index (κ3) is 3.66. The highest BCUT2D eigenvalue weighted by molar-refractivity contribution is 7.80. The Bertz CT molecular complexity index is 298. The zero-order valence-electron chi connectivity index (χ0n) is 7.23. The zero-order valence-corrected chi connectivity index (χ0v) is 8.04. The SMILES string of the molecule is COC(=S)N/N=C\c1ccccc1. The van der Waals surface area contributed by atoms with Gasteiger partial charge < -0.3 is 4.74 Å². The lowest BCUT2D eigenvalue weighted by Crippen LogP contribution is -2.16. The van der Waals surface area contributed by atoms with E-state index in [4.69, 9.17) is 17.0 Å². The minimum absolute atomic E-state index is 0.257. The van der Waals surface area contributed by atoms with Gasteiger partial charge in [-0.1, -0.05) is 30.3 Å². The molecule has 0 aromatic heterocycles. The lowest BCUT2D eigenvalue weighted by Gasteiger charge is -1.98. The molecule has 0 unspecified atom stereocenters. The van der Waals surface area contributed by atoms with E-state index in [1.165, 1.54) is 7.11 Å². The fourth-order valence-electron chi connectivity index (χ4n) is 0.744. The Hall–Kier alpha value is -1.42. The average molecular weight is 194 g/mol. The first-order valence-electron chi connectivity index (χ1n) is 3.75. The molecule has 68 valence electrons. The highest BCUT2D eigenvalue weighted by Gasteiger charge is 1.87. The van der Waals surface area contributed by atoms with Crippen molar-refractivity contribution in [2.75, 3.05) is 7.11 Å². The fourth-order valence-corrected chi connectivity index (χ4v) is 0.797. The minimum atomic E-state index is 0.257. The molecule has 0 saturated heterocycles. The Balaban J connectivity index is 2.45. The van der Waals surface area contributed by atoms with Crippen LogP contribution in [0.4, 0.5) is 0 Å². The molecule has 0 aliphatic rings. The maximum absolute atomic E-state index is 4.72. The summed E-state index contributed by atoms with van der Waals surface area (Å²) >= 11 is 4.72. The van der Waals surface area contributed by atoms with Gasteiger partial charge in [0.15, 0.2) is 0 Å². The van der Waals surface area contributed by atoms with Crippen molar-refractivity contribution in [1.29, 1.82) is 0 Å². The molecule has 1 N–H and O–H groups in total. The summed E-state index contributed by atoms with van der Waals surface area (Å²) in [5, 5.41) is 4.13. The molecule has 0 heterocycles. The van der Waals surface area contributed by atoms with Gasteiger partial charge in [0.2, 0.25) is 0 Å². The summed E-state index contributed by atoms with van der Waals surface area (Å²) in [4.78, 5) is 0. The van der Waals surface area contributed by atoms with Crippen LogP contribution in [-0.2, 0) is 4.74 Å². The molecule has 0 radical (unpaired) electrons. The molecule has 4 heteroatoms. The van der Waals surface area contributed by atoms with Gasteiger partial charge in [0, 0.05) is 0 Å². The van der Waals surface area contributed by atoms with E-state index in [0.717, 1.165) is 5.56 Å². The first-order chi connectivity index (χ1) is 6.33. The van der Waals surface area contributed by atoms with E-state index in [1.54, 1.807) is 6.21 Å². The van der Waals surface area contributed by atoms with Crippen molar-refractivity contribution in [3.05, 3.63) is 35.9 Å². The van der Waals surface area contributed by atoms with Crippen LogP contribution in [0.25, 0.3) is 0 Å². The molecule has 0 saturated carbocycles. The molecular weight excluding hydrogens is 184 g/mol. The number of nitrogens with zero attached hydrogens (tertiary/aromatic N) is 1. The number of methoxy groups -OCH3 is 1. The van der Waals surface area contributed by atoms with E-state index in [1.807, 2.05) is 30.3 Å². The quantitative estimate of drug-likeness (QED) is 0.440. The van der Waals surface area contributed by atoms with E-state index in [0.29, 0.717) is 0 Å². The summed E-state index contributed by atoms with van der Waals surface area (Å²) in [7, 11) is 1.49. The van der Waals surface area contributed by atoms with Crippen molar-refractivity contribution in [1.82, 2.24) is 5.43 Å². The van der Waals surface area contributed by atoms with Crippen LogP contribution in [0.15, 0.2) is 35.4 Å². The summed E-state index contributed by atoms with van der Waals surface area (Å²) in [5.41, 5.74) is 3.57. The number of rotatable bonds is 2. The highest BCUT2D eigenvalue weighted by Crippen LogP contribution is 1.92. The molecule has 1 rings (SSSR count). The van der Waals surface area contributed by atoms with E-state index < -0.39 is 0 Å². The van der Waals surface area contributed by atoms with Crippen molar-refractivity contribution >= 4 is 23.6 Å². The van der Waals surface area contributed by atoms with Crippen LogP contribution in [-0.4, -0.2) is 18.5 Å². The van der Waals surface area contributed by atoms with E-state index in [9.17, 15) is 0 Å².